The number of nitrogens with zero attached hydrogens (tertiary/aromatic N) is 1. The molecule has 0 saturated carbocycles. The van der Waals surface area contributed by atoms with Gasteiger partial charge in [-0.15, -0.1) is 0 Å². The van der Waals surface area contributed by atoms with Crippen molar-refractivity contribution in [2.24, 2.45) is 0 Å². The molecule has 0 radical (unpaired) electrons. The van der Waals surface area contributed by atoms with Crippen LogP contribution in [0.25, 0.3) is 0 Å². The second-order valence-electron chi connectivity index (χ2n) is 13.6. The first-order valence-corrected chi connectivity index (χ1v) is 20.6. The van der Waals surface area contributed by atoms with Gasteiger partial charge in [0.15, 0.2) is 0 Å². The third kappa shape index (κ3) is 25.6. The van der Waals surface area contributed by atoms with Gasteiger partial charge in [-0.05, 0) is 19.3 Å². The third-order valence-electron chi connectivity index (χ3n) is 9.27. The van der Waals surface area contributed by atoms with Crippen molar-refractivity contribution in [2.75, 3.05) is 27.2 Å². The molecule has 38 heavy (non-hydrogen) atoms. The van der Waals surface area contributed by atoms with Gasteiger partial charge >= 0.3 is 0 Å². The highest BCUT2D eigenvalue weighted by atomic mass is 79.9. The van der Waals surface area contributed by atoms with Gasteiger partial charge in [-0.1, -0.05) is 180 Å². The molecule has 1 nitrogen and oxygen atoms in total. The van der Waals surface area contributed by atoms with Crippen molar-refractivity contribution in [3.05, 3.63) is 0 Å². The van der Waals surface area contributed by atoms with Crippen LogP contribution in [-0.4, -0.2) is 39.7 Å². The monoisotopic (exact) mass is 617 g/mol. The minimum atomic E-state index is -1.12. The minimum absolute atomic E-state index is 0. The van der Waals surface area contributed by atoms with Gasteiger partial charge in [0.1, 0.15) is 0 Å². The summed E-state index contributed by atoms with van der Waals surface area (Å²) in [5.74, 6) is 0. The molecule has 0 aromatic rings. The number of hydrogen-bond acceptors (Lipinski definition) is 0. The van der Waals surface area contributed by atoms with Crippen molar-refractivity contribution in [1.29, 1.82) is 0 Å². The standard InChI is InChI=1S/C35H76NSi.BrH/c1-7-11-15-19-20-21-22-23-24-25-30-36(5,6)31-29-35-37(32-26-16-12-8-2,33-27-17-13-9-3)34-28-18-14-10-4;/h7-35H2,1-6H3;1H/q+1;/p-1. The normalized spacial score (nSPS) is 12.2. The Bertz CT molecular complexity index is 422. The molecule has 0 aliphatic rings. The fourth-order valence-electron chi connectivity index (χ4n) is 6.55. The van der Waals surface area contributed by atoms with Crippen LogP contribution in [0.4, 0.5) is 0 Å². The van der Waals surface area contributed by atoms with Gasteiger partial charge in [0.2, 0.25) is 0 Å². The molecule has 0 aliphatic carbocycles. The highest BCUT2D eigenvalue weighted by molar-refractivity contribution is 6.79. The Kier molecular flexibility index (Phi) is 31.3. The first-order valence-electron chi connectivity index (χ1n) is 17.8. The molecule has 0 spiro atoms. The molecule has 0 rings (SSSR count). The number of unbranched alkanes of at least 4 members (excludes halogenated alkanes) is 18. The van der Waals surface area contributed by atoms with Crippen molar-refractivity contribution in [1.82, 2.24) is 0 Å². The van der Waals surface area contributed by atoms with E-state index in [0.717, 1.165) is 0 Å². The molecule has 0 N–H and O–H groups in total. The summed E-state index contributed by atoms with van der Waals surface area (Å²) in [7, 11) is 3.94. The van der Waals surface area contributed by atoms with Crippen LogP contribution in [0, 0.1) is 0 Å². The van der Waals surface area contributed by atoms with Gasteiger partial charge in [-0.2, -0.15) is 0 Å². The van der Waals surface area contributed by atoms with Crippen LogP contribution in [-0.2, 0) is 0 Å². The maximum Gasteiger partial charge on any atom is 0.0782 e. The predicted molar refractivity (Wildman–Crippen MR) is 176 cm³/mol. The lowest BCUT2D eigenvalue weighted by atomic mass is 10.1. The van der Waals surface area contributed by atoms with Crippen molar-refractivity contribution < 1.29 is 21.5 Å². The lowest BCUT2D eigenvalue weighted by molar-refractivity contribution is -0.890. The summed E-state index contributed by atoms with van der Waals surface area (Å²) in [5.41, 5.74) is 0. The summed E-state index contributed by atoms with van der Waals surface area (Å²) < 4.78 is 1.27. The lowest BCUT2D eigenvalue weighted by Crippen LogP contribution is -3.00. The quantitative estimate of drug-likeness (QED) is 0.0427. The zero-order chi connectivity index (χ0) is 27.5. The Morgan fingerprint density at radius 2 is 0.605 bits per heavy atom. The van der Waals surface area contributed by atoms with Crippen LogP contribution in [0.2, 0.25) is 24.2 Å². The Balaban J connectivity index is 0. The van der Waals surface area contributed by atoms with E-state index in [0.29, 0.717) is 0 Å². The number of rotatable bonds is 30. The average molecular weight is 619 g/mol. The fourth-order valence-corrected chi connectivity index (χ4v) is 12.0. The smallest absolute Gasteiger partial charge is 0.0782 e. The van der Waals surface area contributed by atoms with E-state index in [1.165, 1.54) is 146 Å². The zero-order valence-electron chi connectivity index (χ0n) is 27.8. The molecule has 0 aromatic heterocycles. The number of hydrogen-bond donors (Lipinski definition) is 0. The molecular weight excluding hydrogens is 542 g/mol. The molecule has 232 valence electrons. The predicted octanol–water partition coefficient (Wildman–Crippen LogP) is 9.57. The number of halogens is 1. The first-order chi connectivity index (χ1) is 17.9. The van der Waals surface area contributed by atoms with Crippen LogP contribution >= 0.6 is 0 Å². The molecular formula is C35H76BrNSi. The van der Waals surface area contributed by atoms with Crippen LogP contribution < -0.4 is 17.0 Å². The van der Waals surface area contributed by atoms with E-state index < -0.39 is 8.07 Å². The Hall–Kier alpha value is 0.657. The highest BCUT2D eigenvalue weighted by Crippen LogP contribution is 2.34. The molecule has 0 aliphatic heterocycles. The molecule has 0 atom stereocenters. The molecule has 0 fully saturated rings. The maximum absolute atomic E-state index is 2.53. The van der Waals surface area contributed by atoms with Crippen molar-refractivity contribution in [2.45, 2.75) is 200 Å². The molecule has 0 amide bonds. The van der Waals surface area contributed by atoms with Gasteiger partial charge in [0, 0.05) is 0 Å². The topological polar surface area (TPSA) is 0 Å². The van der Waals surface area contributed by atoms with Crippen molar-refractivity contribution >= 4 is 8.07 Å². The molecule has 0 unspecified atom stereocenters. The van der Waals surface area contributed by atoms with E-state index in [2.05, 4.69) is 41.8 Å². The highest BCUT2D eigenvalue weighted by Gasteiger charge is 2.31. The van der Waals surface area contributed by atoms with E-state index in [-0.39, 0.29) is 17.0 Å². The van der Waals surface area contributed by atoms with Crippen LogP contribution in [0.1, 0.15) is 175 Å². The summed E-state index contributed by atoms with van der Waals surface area (Å²) in [6.45, 7) is 12.2. The SMILES string of the molecule is CCCCCCCCCCCC[N+](C)(C)CCC[Si](CCCCCC)(CCCCCC)CCCCCC.[Br-]. The van der Waals surface area contributed by atoms with Gasteiger partial charge in [-0.25, -0.2) is 0 Å². The van der Waals surface area contributed by atoms with Gasteiger partial charge in [-0.3, -0.25) is 0 Å². The largest absolute Gasteiger partial charge is 1.00 e. The summed E-state index contributed by atoms with van der Waals surface area (Å²) in [5, 5.41) is 0. The summed E-state index contributed by atoms with van der Waals surface area (Å²) in [6, 6.07) is 6.59. The summed E-state index contributed by atoms with van der Waals surface area (Å²) in [6.07, 6.45) is 33.7. The first kappa shape index (κ1) is 40.8. The van der Waals surface area contributed by atoms with E-state index in [9.17, 15) is 0 Å². The molecule has 0 bridgehead atoms. The lowest BCUT2D eigenvalue weighted by Gasteiger charge is -2.35. The van der Waals surface area contributed by atoms with E-state index in [1.807, 2.05) is 0 Å². The van der Waals surface area contributed by atoms with E-state index >= 15 is 0 Å². The Labute approximate surface area is 255 Å². The maximum atomic E-state index is 2.53. The van der Waals surface area contributed by atoms with E-state index in [1.54, 1.807) is 43.4 Å². The van der Waals surface area contributed by atoms with Gasteiger partial charge in [0.25, 0.3) is 0 Å². The van der Waals surface area contributed by atoms with Crippen molar-refractivity contribution in [3.63, 3.8) is 0 Å². The van der Waals surface area contributed by atoms with Crippen molar-refractivity contribution in [3.8, 4) is 0 Å². The molecule has 0 saturated heterocycles. The summed E-state index contributed by atoms with van der Waals surface area (Å²) in [4.78, 5) is 0. The van der Waals surface area contributed by atoms with E-state index in [4.69, 9.17) is 0 Å². The van der Waals surface area contributed by atoms with Crippen LogP contribution in [0.3, 0.4) is 0 Å². The molecule has 0 aromatic carbocycles. The fraction of sp³-hybridized carbons (Fsp3) is 1.00. The second kappa shape index (κ2) is 29.2. The average Bonchev–Trinajstić information content (AvgIpc) is 2.88. The van der Waals surface area contributed by atoms with Crippen LogP contribution in [0.5, 0.6) is 0 Å². The van der Waals surface area contributed by atoms with Gasteiger partial charge in [0.05, 0.1) is 35.3 Å². The zero-order valence-corrected chi connectivity index (χ0v) is 30.4. The van der Waals surface area contributed by atoms with Crippen LogP contribution in [0.15, 0.2) is 0 Å². The molecule has 0 heterocycles. The molecule has 3 heteroatoms. The Morgan fingerprint density at radius 1 is 0.342 bits per heavy atom. The summed E-state index contributed by atoms with van der Waals surface area (Å²) >= 11 is 0. The third-order valence-corrected chi connectivity index (χ3v) is 14.9. The van der Waals surface area contributed by atoms with Gasteiger partial charge < -0.3 is 21.5 Å². The minimum Gasteiger partial charge on any atom is -1.00 e. The Morgan fingerprint density at radius 3 is 0.974 bits per heavy atom. The second-order valence-corrected chi connectivity index (χ2v) is 18.6. The number of quaternary nitrogens is 1.